The van der Waals surface area contributed by atoms with E-state index in [0.29, 0.717) is 19.4 Å². The Morgan fingerprint density at radius 3 is 2.56 bits per heavy atom. The molecule has 1 saturated heterocycles. The Morgan fingerprint density at radius 1 is 1.44 bits per heavy atom. The summed E-state index contributed by atoms with van der Waals surface area (Å²) < 4.78 is 5.43. The Morgan fingerprint density at radius 2 is 2.11 bits per heavy atom. The van der Waals surface area contributed by atoms with Gasteiger partial charge in [-0.1, -0.05) is 13.8 Å². The summed E-state index contributed by atoms with van der Waals surface area (Å²) in [4.78, 5) is 22.9. The second-order valence-corrected chi connectivity index (χ2v) is 5.09. The molecule has 0 aromatic rings. The fourth-order valence-corrected chi connectivity index (χ4v) is 2.03. The number of carbonyl (C=O) groups excluding carboxylic acids is 1. The summed E-state index contributed by atoms with van der Waals surface area (Å²) in [7, 11) is 0. The van der Waals surface area contributed by atoms with E-state index in [9.17, 15) is 9.59 Å². The van der Waals surface area contributed by atoms with Crippen LogP contribution in [0.2, 0.25) is 0 Å². The largest absolute Gasteiger partial charge is 0.480 e. The molecule has 3 atom stereocenters. The third kappa shape index (κ3) is 4.27. The van der Waals surface area contributed by atoms with Gasteiger partial charge < -0.3 is 20.9 Å². The van der Waals surface area contributed by atoms with Crippen LogP contribution in [0.4, 0.5) is 0 Å². The van der Waals surface area contributed by atoms with E-state index in [2.05, 4.69) is 5.32 Å². The van der Waals surface area contributed by atoms with Crippen LogP contribution in [0, 0.1) is 5.92 Å². The minimum absolute atomic E-state index is 0.0888. The number of rotatable bonds is 6. The van der Waals surface area contributed by atoms with Crippen LogP contribution in [-0.2, 0) is 14.3 Å². The second kappa shape index (κ2) is 6.70. The monoisotopic (exact) mass is 258 g/mol. The Hall–Kier alpha value is -1.14. The zero-order chi connectivity index (χ0) is 13.7. The van der Waals surface area contributed by atoms with Crippen LogP contribution >= 0.6 is 0 Å². The Balaban J connectivity index is 2.49. The van der Waals surface area contributed by atoms with Gasteiger partial charge >= 0.3 is 5.97 Å². The topological polar surface area (TPSA) is 102 Å². The number of carboxylic acids is 1. The number of hydrogen-bond donors (Lipinski definition) is 3. The highest BCUT2D eigenvalue weighted by atomic mass is 16.5. The highest BCUT2D eigenvalue weighted by molar-refractivity contribution is 5.86. The highest BCUT2D eigenvalue weighted by Gasteiger charge is 2.32. The molecule has 1 amide bonds. The molecule has 3 unspecified atom stereocenters. The molecule has 18 heavy (non-hydrogen) atoms. The normalized spacial score (nSPS) is 25.1. The summed E-state index contributed by atoms with van der Waals surface area (Å²) in [6, 6.07) is -0.849. The SMILES string of the molecule is CC(C)CC(NC(=O)C1CCC(CN)O1)C(=O)O. The van der Waals surface area contributed by atoms with Crippen molar-refractivity contribution in [3.8, 4) is 0 Å². The van der Waals surface area contributed by atoms with Crippen LogP contribution in [0.1, 0.15) is 33.1 Å². The molecule has 0 bridgehead atoms. The van der Waals surface area contributed by atoms with E-state index in [1.165, 1.54) is 0 Å². The standard InChI is InChI=1S/C12H22N2O4/c1-7(2)5-9(12(16)17)14-11(15)10-4-3-8(6-13)18-10/h7-10H,3-6,13H2,1-2H3,(H,14,15)(H,16,17). The van der Waals surface area contributed by atoms with Crippen LogP contribution in [0.15, 0.2) is 0 Å². The first-order valence-corrected chi connectivity index (χ1v) is 6.32. The second-order valence-electron chi connectivity index (χ2n) is 5.09. The smallest absolute Gasteiger partial charge is 0.326 e. The number of nitrogens with two attached hydrogens (primary N) is 1. The van der Waals surface area contributed by atoms with Crippen molar-refractivity contribution in [1.82, 2.24) is 5.32 Å². The van der Waals surface area contributed by atoms with Gasteiger partial charge in [0.25, 0.3) is 0 Å². The Kier molecular flexibility index (Phi) is 5.55. The molecular formula is C12H22N2O4. The number of hydrogen-bond acceptors (Lipinski definition) is 4. The zero-order valence-electron chi connectivity index (χ0n) is 10.9. The third-order valence-electron chi connectivity index (χ3n) is 2.98. The van der Waals surface area contributed by atoms with Gasteiger partial charge in [-0.25, -0.2) is 4.79 Å². The van der Waals surface area contributed by atoms with Crippen LogP contribution in [0.25, 0.3) is 0 Å². The Labute approximate surface area is 107 Å². The first-order chi connectivity index (χ1) is 8.43. The van der Waals surface area contributed by atoms with Gasteiger partial charge in [-0.15, -0.1) is 0 Å². The maximum absolute atomic E-state index is 11.9. The van der Waals surface area contributed by atoms with Gasteiger partial charge in [0.15, 0.2) is 0 Å². The molecule has 0 saturated carbocycles. The third-order valence-corrected chi connectivity index (χ3v) is 2.98. The summed E-state index contributed by atoms with van der Waals surface area (Å²) in [6.45, 7) is 4.22. The lowest BCUT2D eigenvalue weighted by Crippen LogP contribution is -2.46. The summed E-state index contributed by atoms with van der Waals surface area (Å²) >= 11 is 0. The van der Waals surface area contributed by atoms with Crippen LogP contribution in [0.5, 0.6) is 0 Å². The van der Waals surface area contributed by atoms with Crippen molar-refractivity contribution in [1.29, 1.82) is 0 Å². The lowest BCUT2D eigenvalue weighted by molar-refractivity contribution is -0.144. The van der Waals surface area contributed by atoms with E-state index in [1.54, 1.807) is 0 Å². The molecular weight excluding hydrogens is 236 g/mol. The van der Waals surface area contributed by atoms with Crippen molar-refractivity contribution in [2.45, 2.75) is 51.4 Å². The first-order valence-electron chi connectivity index (χ1n) is 6.32. The summed E-state index contributed by atoms with van der Waals surface area (Å²) in [6.07, 6.45) is 1.11. The lowest BCUT2D eigenvalue weighted by atomic mass is 10.0. The molecule has 0 spiro atoms. The molecule has 1 rings (SSSR count). The predicted molar refractivity (Wildman–Crippen MR) is 66.0 cm³/mol. The molecule has 104 valence electrons. The molecule has 6 nitrogen and oxygen atoms in total. The summed E-state index contributed by atoms with van der Waals surface area (Å²) in [5.74, 6) is -1.16. The molecule has 0 aromatic heterocycles. The predicted octanol–water partition coefficient (Wildman–Crippen LogP) is 0.108. The summed E-state index contributed by atoms with van der Waals surface area (Å²) in [5.41, 5.74) is 5.46. The van der Waals surface area contributed by atoms with E-state index < -0.39 is 18.1 Å². The number of amides is 1. The summed E-state index contributed by atoms with van der Waals surface area (Å²) in [5, 5.41) is 11.6. The van der Waals surface area contributed by atoms with Crippen molar-refractivity contribution in [2.75, 3.05) is 6.54 Å². The average Bonchev–Trinajstić information content (AvgIpc) is 2.75. The van der Waals surface area contributed by atoms with Crippen LogP contribution < -0.4 is 11.1 Å². The minimum atomic E-state index is -1.01. The van der Waals surface area contributed by atoms with Gasteiger partial charge in [0.05, 0.1) is 6.10 Å². The number of carboxylic acid groups (broad SMARTS) is 1. The number of nitrogens with one attached hydrogen (secondary N) is 1. The molecule has 1 aliphatic rings. The van der Waals surface area contributed by atoms with Crippen LogP contribution in [0.3, 0.4) is 0 Å². The number of ether oxygens (including phenoxy) is 1. The minimum Gasteiger partial charge on any atom is -0.480 e. The van der Waals surface area contributed by atoms with Gasteiger partial charge in [0.1, 0.15) is 12.1 Å². The van der Waals surface area contributed by atoms with E-state index in [4.69, 9.17) is 15.6 Å². The van der Waals surface area contributed by atoms with Crippen molar-refractivity contribution in [3.63, 3.8) is 0 Å². The van der Waals surface area contributed by atoms with Crippen molar-refractivity contribution in [3.05, 3.63) is 0 Å². The molecule has 0 radical (unpaired) electrons. The van der Waals surface area contributed by atoms with E-state index in [1.807, 2.05) is 13.8 Å². The van der Waals surface area contributed by atoms with Crippen LogP contribution in [-0.4, -0.2) is 41.8 Å². The number of aliphatic carboxylic acids is 1. The maximum Gasteiger partial charge on any atom is 0.326 e. The van der Waals surface area contributed by atoms with Gasteiger partial charge in [-0.3, -0.25) is 4.79 Å². The molecule has 0 aliphatic carbocycles. The Bertz CT molecular complexity index is 306. The van der Waals surface area contributed by atoms with E-state index in [-0.39, 0.29) is 17.9 Å². The fraction of sp³-hybridized carbons (Fsp3) is 0.833. The van der Waals surface area contributed by atoms with Crippen molar-refractivity contribution in [2.24, 2.45) is 11.7 Å². The molecule has 0 aromatic carbocycles. The van der Waals surface area contributed by atoms with Crippen molar-refractivity contribution >= 4 is 11.9 Å². The molecule has 1 heterocycles. The fourth-order valence-electron chi connectivity index (χ4n) is 2.03. The molecule has 1 aliphatic heterocycles. The highest BCUT2D eigenvalue weighted by Crippen LogP contribution is 2.19. The maximum atomic E-state index is 11.9. The van der Waals surface area contributed by atoms with Crippen molar-refractivity contribution < 1.29 is 19.4 Å². The first kappa shape index (κ1) is 14.9. The number of carbonyl (C=O) groups is 2. The van der Waals surface area contributed by atoms with Gasteiger partial charge in [-0.05, 0) is 25.2 Å². The van der Waals surface area contributed by atoms with E-state index >= 15 is 0 Å². The molecule has 1 fully saturated rings. The van der Waals surface area contributed by atoms with Gasteiger partial charge in [0, 0.05) is 6.54 Å². The van der Waals surface area contributed by atoms with E-state index in [0.717, 1.165) is 6.42 Å². The molecule has 4 N–H and O–H groups in total. The van der Waals surface area contributed by atoms with Gasteiger partial charge in [0.2, 0.25) is 5.91 Å². The van der Waals surface area contributed by atoms with Gasteiger partial charge in [-0.2, -0.15) is 0 Å². The zero-order valence-corrected chi connectivity index (χ0v) is 10.9. The molecule has 6 heteroatoms. The lowest BCUT2D eigenvalue weighted by Gasteiger charge is -2.19. The quantitative estimate of drug-likeness (QED) is 0.627. The average molecular weight is 258 g/mol.